The molecule has 1 heterocycles. The molecule has 0 amide bonds. The summed E-state index contributed by atoms with van der Waals surface area (Å²) in [6, 6.07) is 7.18. The third-order valence-corrected chi connectivity index (χ3v) is 4.05. The first kappa shape index (κ1) is 15.3. The largest absolute Gasteiger partial charge is 0.388 e. The number of nitrogens with zero attached hydrogens (tertiary/aromatic N) is 3. The Morgan fingerprint density at radius 2 is 2.15 bits per heavy atom. The summed E-state index contributed by atoms with van der Waals surface area (Å²) in [6.07, 6.45) is 1.10. The zero-order valence-corrected chi connectivity index (χ0v) is 12.6. The lowest BCUT2D eigenvalue weighted by molar-refractivity contribution is 0.184. The average molecular weight is 314 g/mol. The van der Waals surface area contributed by atoms with Crippen molar-refractivity contribution >= 4 is 23.4 Å². The molecule has 0 aliphatic rings. The number of halogens is 1. The van der Waals surface area contributed by atoms with Crippen molar-refractivity contribution in [1.29, 1.82) is 0 Å². The van der Waals surface area contributed by atoms with Gasteiger partial charge in [0.2, 0.25) is 0 Å². The highest BCUT2D eigenvalue weighted by Gasteiger charge is 2.11. The Hall–Kier alpha value is -1.08. The Morgan fingerprint density at radius 1 is 1.40 bits per heavy atom. The van der Waals surface area contributed by atoms with E-state index in [1.807, 2.05) is 16.7 Å². The lowest BCUT2D eigenvalue weighted by Gasteiger charge is -2.11. The molecule has 0 radical (unpaired) electrons. The van der Waals surface area contributed by atoms with E-state index in [0.29, 0.717) is 23.9 Å². The van der Waals surface area contributed by atoms with E-state index in [1.54, 1.807) is 25.6 Å². The number of methoxy groups -OCH3 is 1. The molecule has 108 valence electrons. The van der Waals surface area contributed by atoms with Gasteiger partial charge in [0.1, 0.15) is 6.33 Å². The summed E-state index contributed by atoms with van der Waals surface area (Å²) in [7, 11) is 1.65. The Labute approximate surface area is 126 Å². The Bertz CT molecular complexity index is 533. The van der Waals surface area contributed by atoms with Gasteiger partial charge in [-0.05, 0) is 17.7 Å². The van der Waals surface area contributed by atoms with Gasteiger partial charge in [-0.3, -0.25) is 0 Å². The number of benzene rings is 1. The van der Waals surface area contributed by atoms with Gasteiger partial charge in [0, 0.05) is 24.4 Å². The predicted molar refractivity (Wildman–Crippen MR) is 79.0 cm³/mol. The van der Waals surface area contributed by atoms with Crippen molar-refractivity contribution in [1.82, 2.24) is 14.8 Å². The molecule has 0 saturated carbocycles. The topological polar surface area (TPSA) is 60.2 Å². The number of thioether (sulfide) groups is 1. The number of aromatic nitrogens is 3. The van der Waals surface area contributed by atoms with Crippen molar-refractivity contribution in [3.05, 3.63) is 41.2 Å². The maximum absolute atomic E-state index is 10.1. The smallest absolute Gasteiger partial charge is 0.191 e. The minimum absolute atomic E-state index is 0.507. The summed E-state index contributed by atoms with van der Waals surface area (Å²) < 4.78 is 6.93. The predicted octanol–water partition coefficient (Wildman–Crippen LogP) is 2.40. The van der Waals surface area contributed by atoms with Crippen LogP contribution >= 0.6 is 23.4 Å². The molecule has 0 aliphatic carbocycles. The standard InChI is InChI=1S/C13H16ClN3O2S/c1-19-7-6-17-9-15-16-13(17)20-8-12(18)10-2-4-11(14)5-3-10/h2-5,9,12,18H,6-8H2,1H3. The molecule has 0 bridgehead atoms. The summed E-state index contributed by atoms with van der Waals surface area (Å²) in [6.45, 7) is 1.30. The first-order valence-corrected chi connectivity index (χ1v) is 7.50. The van der Waals surface area contributed by atoms with Crippen molar-refractivity contribution in [2.75, 3.05) is 19.5 Å². The van der Waals surface area contributed by atoms with E-state index in [9.17, 15) is 5.11 Å². The van der Waals surface area contributed by atoms with Gasteiger partial charge < -0.3 is 14.4 Å². The summed E-state index contributed by atoms with van der Waals surface area (Å²) in [5.74, 6) is 0.507. The zero-order chi connectivity index (χ0) is 14.4. The molecule has 0 saturated heterocycles. The SMILES string of the molecule is COCCn1cnnc1SCC(O)c1ccc(Cl)cc1. The maximum Gasteiger partial charge on any atom is 0.191 e. The van der Waals surface area contributed by atoms with Crippen molar-refractivity contribution < 1.29 is 9.84 Å². The quantitative estimate of drug-likeness (QED) is 0.795. The van der Waals surface area contributed by atoms with Crippen LogP contribution in [0, 0.1) is 0 Å². The molecule has 1 N–H and O–H groups in total. The van der Waals surface area contributed by atoms with Gasteiger partial charge >= 0.3 is 0 Å². The van der Waals surface area contributed by atoms with Crippen LogP contribution in [0.2, 0.25) is 5.02 Å². The number of rotatable bonds is 7. The van der Waals surface area contributed by atoms with E-state index in [1.165, 1.54) is 11.8 Å². The van der Waals surface area contributed by atoms with Gasteiger partial charge in [0.25, 0.3) is 0 Å². The van der Waals surface area contributed by atoms with Crippen LogP contribution < -0.4 is 0 Å². The van der Waals surface area contributed by atoms with Crippen LogP contribution in [0.1, 0.15) is 11.7 Å². The van der Waals surface area contributed by atoms with Gasteiger partial charge in [-0.2, -0.15) is 0 Å². The van der Waals surface area contributed by atoms with E-state index >= 15 is 0 Å². The first-order chi connectivity index (χ1) is 9.70. The van der Waals surface area contributed by atoms with E-state index in [2.05, 4.69) is 10.2 Å². The third kappa shape index (κ3) is 4.21. The molecular formula is C13H16ClN3O2S. The zero-order valence-electron chi connectivity index (χ0n) is 11.1. The number of aliphatic hydroxyl groups excluding tert-OH is 1. The molecule has 1 aromatic carbocycles. The molecule has 0 spiro atoms. The van der Waals surface area contributed by atoms with E-state index in [-0.39, 0.29) is 0 Å². The second-order valence-electron chi connectivity index (χ2n) is 4.18. The highest BCUT2D eigenvalue weighted by atomic mass is 35.5. The van der Waals surface area contributed by atoms with Gasteiger partial charge in [-0.1, -0.05) is 35.5 Å². The molecule has 0 aliphatic heterocycles. The maximum atomic E-state index is 10.1. The fourth-order valence-corrected chi connectivity index (χ4v) is 2.67. The lowest BCUT2D eigenvalue weighted by Crippen LogP contribution is -2.06. The molecule has 0 fully saturated rings. The molecule has 2 aromatic rings. The monoisotopic (exact) mass is 313 g/mol. The second kappa shape index (κ2) is 7.64. The number of hydrogen-bond donors (Lipinski definition) is 1. The van der Waals surface area contributed by atoms with Gasteiger partial charge in [0.05, 0.1) is 12.7 Å². The van der Waals surface area contributed by atoms with E-state index < -0.39 is 6.10 Å². The molecule has 1 atom stereocenters. The van der Waals surface area contributed by atoms with Gasteiger partial charge in [0.15, 0.2) is 5.16 Å². The van der Waals surface area contributed by atoms with Crippen LogP contribution in [0.5, 0.6) is 0 Å². The third-order valence-electron chi connectivity index (χ3n) is 2.74. The fourth-order valence-electron chi connectivity index (χ4n) is 1.63. The van der Waals surface area contributed by atoms with Crippen LogP contribution in [0.15, 0.2) is 35.7 Å². The molecule has 20 heavy (non-hydrogen) atoms. The van der Waals surface area contributed by atoms with Crippen molar-refractivity contribution in [3.8, 4) is 0 Å². The van der Waals surface area contributed by atoms with Gasteiger partial charge in [-0.25, -0.2) is 0 Å². The summed E-state index contributed by atoms with van der Waals surface area (Å²) in [5, 5.41) is 19.5. The summed E-state index contributed by atoms with van der Waals surface area (Å²) >= 11 is 7.29. The second-order valence-corrected chi connectivity index (χ2v) is 5.60. The minimum Gasteiger partial charge on any atom is -0.388 e. The van der Waals surface area contributed by atoms with E-state index in [0.717, 1.165) is 10.7 Å². The highest BCUT2D eigenvalue weighted by Crippen LogP contribution is 2.24. The Balaban J connectivity index is 1.91. The normalized spacial score (nSPS) is 12.6. The van der Waals surface area contributed by atoms with Crippen molar-refractivity contribution in [3.63, 3.8) is 0 Å². The summed E-state index contributed by atoms with van der Waals surface area (Å²) in [5.41, 5.74) is 0.838. The van der Waals surface area contributed by atoms with Crippen LogP contribution in [0.4, 0.5) is 0 Å². The van der Waals surface area contributed by atoms with E-state index in [4.69, 9.17) is 16.3 Å². The molecule has 7 heteroatoms. The number of aliphatic hydroxyl groups is 1. The molecular weight excluding hydrogens is 298 g/mol. The van der Waals surface area contributed by atoms with Crippen LogP contribution in [0.3, 0.4) is 0 Å². The first-order valence-electron chi connectivity index (χ1n) is 6.14. The number of hydrogen-bond acceptors (Lipinski definition) is 5. The molecule has 5 nitrogen and oxygen atoms in total. The fraction of sp³-hybridized carbons (Fsp3) is 0.385. The van der Waals surface area contributed by atoms with Crippen molar-refractivity contribution in [2.24, 2.45) is 0 Å². The highest BCUT2D eigenvalue weighted by molar-refractivity contribution is 7.99. The van der Waals surface area contributed by atoms with Crippen LogP contribution in [-0.2, 0) is 11.3 Å². The molecule has 1 unspecified atom stereocenters. The minimum atomic E-state index is -0.565. The molecule has 2 rings (SSSR count). The number of ether oxygens (including phenoxy) is 1. The lowest BCUT2D eigenvalue weighted by atomic mass is 10.1. The molecule has 1 aromatic heterocycles. The Morgan fingerprint density at radius 3 is 2.85 bits per heavy atom. The average Bonchev–Trinajstić information content (AvgIpc) is 2.90. The van der Waals surface area contributed by atoms with Crippen LogP contribution in [0.25, 0.3) is 0 Å². The van der Waals surface area contributed by atoms with Crippen LogP contribution in [-0.4, -0.2) is 39.3 Å². The summed E-state index contributed by atoms with van der Waals surface area (Å²) in [4.78, 5) is 0. The Kier molecular flexibility index (Phi) is 5.85. The van der Waals surface area contributed by atoms with Crippen molar-refractivity contribution in [2.45, 2.75) is 17.8 Å². The van der Waals surface area contributed by atoms with Gasteiger partial charge in [-0.15, -0.1) is 10.2 Å².